The molecular formula is C14H20N4O3. The highest BCUT2D eigenvalue weighted by Crippen LogP contribution is 2.27. The molecule has 21 heavy (non-hydrogen) atoms. The highest BCUT2D eigenvalue weighted by molar-refractivity contribution is 5.95. The van der Waals surface area contributed by atoms with Crippen LogP contribution < -0.4 is 10.6 Å². The average Bonchev–Trinajstić information content (AvgIpc) is 2.47. The quantitative estimate of drug-likeness (QED) is 0.648. The summed E-state index contributed by atoms with van der Waals surface area (Å²) in [4.78, 5) is 24.1. The van der Waals surface area contributed by atoms with Gasteiger partial charge in [0.1, 0.15) is 5.69 Å². The number of benzene rings is 1. The number of carbonyl (C=O) groups is 1. The zero-order valence-corrected chi connectivity index (χ0v) is 12.3. The van der Waals surface area contributed by atoms with E-state index in [-0.39, 0.29) is 17.6 Å². The summed E-state index contributed by atoms with van der Waals surface area (Å²) in [6.07, 6.45) is 1.85. The van der Waals surface area contributed by atoms with Crippen LogP contribution in [0.25, 0.3) is 0 Å². The predicted molar refractivity (Wildman–Crippen MR) is 80.6 cm³/mol. The van der Waals surface area contributed by atoms with E-state index in [1.165, 1.54) is 11.0 Å². The van der Waals surface area contributed by atoms with Crippen molar-refractivity contribution in [3.8, 4) is 0 Å². The molecule has 114 valence electrons. The van der Waals surface area contributed by atoms with E-state index in [2.05, 4.69) is 10.6 Å². The Bertz CT molecular complexity index is 539. The highest BCUT2D eigenvalue weighted by Gasteiger charge is 2.21. The smallest absolute Gasteiger partial charge is 0.293 e. The summed E-state index contributed by atoms with van der Waals surface area (Å²) < 4.78 is 0. The van der Waals surface area contributed by atoms with E-state index in [0.717, 1.165) is 25.9 Å². The third-order valence-corrected chi connectivity index (χ3v) is 3.55. The summed E-state index contributed by atoms with van der Waals surface area (Å²) in [5.74, 6) is -0.244. The third-order valence-electron chi connectivity index (χ3n) is 3.55. The van der Waals surface area contributed by atoms with Crippen LogP contribution in [-0.4, -0.2) is 49.0 Å². The molecular weight excluding hydrogens is 272 g/mol. The second kappa shape index (κ2) is 6.53. The molecule has 0 saturated carbocycles. The summed E-state index contributed by atoms with van der Waals surface area (Å²) in [7, 11) is 3.24. The zero-order valence-electron chi connectivity index (χ0n) is 12.3. The molecule has 0 unspecified atom stereocenters. The van der Waals surface area contributed by atoms with Crippen LogP contribution in [0.4, 0.5) is 11.4 Å². The fraction of sp³-hybridized carbons (Fsp3) is 0.500. The van der Waals surface area contributed by atoms with Gasteiger partial charge in [0.25, 0.3) is 11.6 Å². The first kappa shape index (κ1) is 15.2. The van der Waals surface area contributed by atoms with E-state index in [1.807, 2.05) is 0 Å². The second-order valence-corrected chi connectivity index (χ2v) is 5.36. The van der Waals surface area contributed by atoms with Crippen LogP contribution in [0.1, 0.15) is 23.2 Å². The molecule has 0 bridgehead atoms. The molecule has 7 nitrogen and oxygen atoms in total. The molecule has 1 fully saturated rings. The van der Waals surface area contributed by atoms with Crippen molar-refractivity contribution in [3.05, 3.63) is 33.9 Å². The molecule has 0 atom stereocenters. The number of nitro benzene ring substituents is 1. The first-order chi connectivity index (χ1) is 9.99. The van der Waals surface area contributed by atoms with Crippen molar-refractivity contribution in [2.75, 3.05) is 32.5 Å². The Balaban J connectivity index is 2.24. The first-order valence-corrected chi connectivity index (χ1v) is 6.96. The van der Waals surface area contributed by atoms with Crippen molar-refractivity contribution in [2.24, 2.45) is 0 Å². The van der Waals surface area contributed by atoms with Gasteiger partial charge in [-0.15, -0.1) is 0 Å². The Labute approximate surface area is 123 Å². The van der Waals surface area contributed by atoms with Gasteiger partial charge in [0.15, 0.2) is 0 Å². The number of rotatable bonds is 4. The lowest BCUT2D eigenvalue weighted by molar-refractivity contribution is -0.384. The summed E-state index contributed by atoms with van der Waals surface area (Å²) in [5, 5.41) is 17.7. The van der Waals surface area contributed by atoms with Gasteiger partial charge >= 0.3 is 0 Å². The number of hydrogen-bond acceptors (Lipinski definition) is 5. The van der Waals surface area contributed by atoms with E-state index in [0.29, 0.717) is 11.3 Å². The average molecular weight is 292 g/mol. The molecule has 0 spiro atoms. The van der Waals surface area contributed by atoms with Crippen molar-refractivity contribution in [1.82, 2.24) is 10.2 Å². The van der Waals surface area contributed by atoms with Gasteiger partial charge in [0.05, 0.1) is 4.92 Å². The molecule has 1 aliphatic heterocycles. The Kier molecular flexibility index (Phi) is 4.74. The van der Waals surface area contributed by atoms with Crippen molar-refractivity contribution in [1.29, 1.82) is 0 Å². The predicted octanol–water partition coefficient (Wildman–Crippen LogP) is 1.46. The molecule has 1 saturated heterocycles. The minimum atomic E-state index is -0.449. The standard InChI is InChI=1S/C14H20N4O3/c1-17(2)14(19)10-3-4-12(13(9-10)18(20)21)16-11-5-7-15-8-6-11/h3-4,9,11,15-16H,5-8H2,1-2H3. The number of nitro groups is 1. The topological polar surface area (TPSA) is 87.5 Å². The minimum Gasteiger partial charge on any atom is -0.377 e. The van der Waals surface area contributed by atoms with Crippen LogP contribution in [-0.2, 0) is 0 Å². The number of hydrogen-bond donors (Lipinski definition) is 2. The summed E-state index contributed by atoms with van der Waals surface area (Å²) in [5.41, 5.74) is 0.742. The fourth-order valence-electron chi connectivity index (χ4n) is 2.38. The maximum Gasteiger partial charge on any atom is 0.293 e. The Hall–Kier alpha value is -2.15. The van der Waals surface area contributed by atoms with Gasteiger partial charge < -0.3 is 15.5 Å². The second-order valence-electron chi connectivity index (χ2n) is 5.36. The van der Waals surface area contributed by atoms with Crippen molar-refractivity contribution >= 4 is 17.3 Å². The van der Waals surface area contributed by atoms with Gasteiger partial charge in [0.2, 0.25) is 0 Å². The van der Waals surface area contributed by atoms with Crippen molar-refractivity contribution < 1.29 is 9.72 Å². The van der Waals surface area contributed by atoms with Gasteiger partial charge in [0, 0.05) is 31.8 Å². The largest absolute Gasteiger partial charge is 0.377 e. The van der Waals surface area contributed by atoms with E-state index in [9.17, 15) is 14.9 Å². The number of amides is 1. The first-order valence-electron chi connectivity index (χ1n) is 6.96. The third kappa shape index (κ3) is 3.69. The monoisotopic (exact) mass is 292 g/mol. The van der Waals surface area contributed by atoms with Crippen LogP contribution in [0, 0.1) is 10.1 Å². The Morgan fingerprint density at radius 2 is 2.05 bits per heavy atom. The van der Waals surface area contributed by atoms with Crippen LogP contribution >= 0.6 is 0 Å². The lowest BCUT2D eigenvalue weighted by atomic mass is 10.1. The Morgan fingerprint density at radius 1 is 1.38 bits per heavy atom. The highest BCUT2D eigenvalue weighted by atomic mass is 16.6. The molecule has 0 radical (unpaired) electrons. The van der Waals surface area contributed by atoms with Crippen molar-refractivity contribution in [3.63, 3.8) is 0 Å². The normalized spacial score (nSPS) is 15.5. The number of piperidine rings is 1. The van der Waals surface area contributed by atoms with Crippen LogP contribution in [0.3, 0.4) is 0 Å². The fourth-order valence-corrected chi connectivity index (χ4v) is 2.38. The van der Waals surface area contributed by atoms with E-state index in [4.69, 9.17) is 0 Å². The SMILES string of the molecule is CN(C)C(=O)c1ccc(NC2CCNCC2)c([N+](=O)[O-])c1. The molecule has 2 N–H and O–H groups in total. The van der Waals surface area contributed by atoms with Gasteiger partial charge in [-0.05, 0) is 38.1 Å². The molecule has 0 aliphatic carbocycles. The van der Waals surface area contributed by atoms with Gasteiger partial charge in [-0.1, -0.05) is 0 Å². The van der Waals surface area contributed by atoms with Crippen molar-refractivity contribution in [2.45, 2.75) is 18.9 Å². The maximum absolute atomic E-state index is 11.9. The summed E-state index contributed by atoms with van der Waals surface area (Å²) >= 11 is 0. The van der Waals surface area contributed by atoms with Crippen LogP contribution in [0.15, 0.2) is 18.2 Å². The molecule has 1 aromatic carbocycles. The van der Waals surface area contributed by atoms with E-state index < -0.39 is 4.92 Å². The lowest BCUT2D eigenvalue weighted by Gasteiger charge is -2.24. The lowest BCUT2D eigenvalue weighted by Crippen LogP contribution is -2.35. The molecule has 7 heteroatoms. The maximum atomic E-state index is 11.9. The van der Waals surface area contributed by atoms with E-state index in [1.54, 1.807) is 26.2 Å². The Morgan fingerprint density at radius 3 is 2.62 bits per heavy atom. The number of carbonyl (C=O) groups excluding carboxylic acids is 1. The molecule has 1 heterocycles. The zero-order chi connectivity index (χ0) is 15.4. The summed E-state index contributed by atoms with van der Waals surface area (Å²) in [6.45, 7) is 1.81. The van der Waals surface area contributed by atoms with Gasteiger partial charge in [-0.25, -0.2) is 0 Å². The molecule has 1 aliphatic rings. The molecule has 0 aromatic heterocycles. The summed E-state index contributed by atoms with van der Waals surface area (Å²) in [6, 6.07) is 4.81. The minimum absolute atomic E-state index is 0.0544. The van der Waals surface area contributed by atoms with Crippen LogP contribution in [0.2, 0.25) is 0 Å². The van der Waals surface area contributed by atoms with E-state index >= 15 is 0 Å². The molecule has 2 rings (SSSR count). The molecule has 1 amide bonds. The number of anilines is 1. The van der Waals surface area contributed by atoms with Crippen LogP contribution in [0.5, 0.6) is 0 Å². The van der Waals surface area contributed by atoms with Gasteiger partial charge in [-0.2, -0.15) is 0 Å². The number of nitrogens with zero attached hydrogens (tertiary/aromatic N) is 2. The van der Waals surface area contributed by atoms with Gasteiger partial charge in [-0.3, -0.25) is 14.9 Å². The number of nitrogens with one attached hydrogen (secondary N) is 2. The molecule has 1 aromatic rings.